The molecule has 23 heavy (non-hydrogen) atoms. The highest BCUT2D eigenvalue weighted by Gasteiger charge is 2.07. The van der Waals surface area contributed by atoms with E-state index in [9.17, 15) is 4.39 Å². The van der Waals surface area contributed by atoms with E-state index in [1.54, 1.807) is 12.1 Å². The molecule has 0 fully saturated rings. The van der Waals surface area contributed by atoms with Gasteiger partial charge >= 0.3 is 0 Å². The predicted molar refractivity (Wildman–Crippen MR) is 91.7 cm³/mol. The Morgan fingerprint density at radius 2 is 1.52 bits per heavy atom. The number of anilines is 1. The van der Waals surface area contributed by atoms with Crippen LogP contribution in [0.1, 0.15) is 32.3 Å². The zero-order chi connectivity index (χ0) is 16.5. The van der Waals surface area contributed by atoms with Crippen LogP contribution in [0.4, 0.5) is 10.1 Å². The fraction of sp³-hybridized carbons (Fsp3) is 0.368. The summed E-state index contributed by atoms with van der Waals surface area (Å²) in [6.07, 6.45) is 1.90. The summed E-state index contributed by atoms with van der Waals surface area (Å²) in [6, 6.07) is 12.3. The van der Waals surface area contributed by atoms with Crippen LogP contribution in [-0.2, 0) is 6.54 Å². The van der Waals surface area contributed by atoms with Gasteiger partial charge in [-0.3, -0.25) is 0 Å². The zero-order valence-electron chi connectivity index (χ0n) is 13.8. The van der Waals surface area contributed by atoms with Crippen LogP contribution in [0.3, 0.4) is 0 Å². The monoisotopic (exact) mass is 317 g/mol. The molecule has 0 aliphatic rings. The quantitative estimate of drug-likeness (QED) is 0.705. The van der Waals surface area contributed by atoms with Crippen molar-refractivity contribution in [2.45, 2.75) is 33.2 Å². The van der Waals surface area contributed by atoms with E-state index in [0.717, 1.165) is 35.6 Å². The Bertz CT molecular complexity index is 599. The molecule has 0 spiro atoms. The molecule has 0 aromatic heterocycles. The second-order valence-electron chi connectivity index (χ2n) is 5.34. The second-order valence-corrected chi connectivity index (χ2v) is 5.34. The van der Waals surface area contributed by atoms with Crippen LogP contribution in [0.5, 0.6) is 11.5 Å². The number of ether oxygens (including phenoxy) is 2. The van der Waals surface area contributed by atoms with E-state index in [1.807, 2.05) is 18.2 Å². The van der Waals surface area contributed by atoms with E-state index < -0.39 is 0 Å². The van der Waals surface area contributed by atoms with E-state index in [1.165, 1.54) is 12.1 Å². The van der Waals surface area contributed by atoms with Crippen LogP contribution < -0.4 is 14.8 Å². The maximum absolute atomic E-state index is 12.9. The smallest absolute Gasteiger partial charge is 0.163 e. The topological polar surface area (TPSA) is 30.5 Å². The number of nitrogens with one attached hydrogen (secondary N) is 1. The van der Waals surface area contributed by atoms with Crippen LogP contribution in [0.25, 0.3) is 0 Å². The van der Waals surface area contributed by atoms with Crippen LogP contribution in [0.15, 0.2) is 42.5 Å². The number of rotatable bonds is 9. The van der Waals surface area contributed by atoms with Gasteiger partial charge in [-0.1, -0.05) is 26.0 Å². The molecule has 2 aromatic rings. The van der Waals surface area contributed by atoms with Gasteiger partial charge in [0.15, 0.2) is 11.5 Å². The van der Waals surface area contributed by atoms with Crippen molar-refractivity contribution in [1.82, 2.24) is 0 Å². The van der Waals surface area contributed by atoms with Crippen molar-refractivity contribution in [2.75, 3.05) is 18.5 Å². The highest BCUT2D eigenvalue weighted by Crippen LogP contribution is 2.31. The summed E-state index contributed by atoms with van der Waals surface area (Å²) < 4.78 is 24.4. The lowest BCUT2D eigenvalue weighted by Crippen LogP contribution is -2.03. The molecule has 124 valence electrons. The summed E-state index contributed by atoms with van der Waals surface area (Å²) >= 11 is 0. The standard InChI is InChI=1S/C19H24FNO2/c1-3-11-22-18-10-9-17(13-19(18)23-12-4-2)21-14-15-5-7-16(20)8-6-15/h5-10,13,21H,3-4,11-12,14H2,1-2H3. The first-order chi connectivity index (χ1) is 11.2. The fourth-order valence-electron chi connectivity index (χ4n) is 2.08. The minimum Gasteiger partial charge on any atom is -0.490 e. The van der Waals surface area contributed by atoms with Crippen molar-refractivity contribution in [2.24, 2.45) is 0 Å². The molecule has 0 saturated carbocycles. The van der Waals surface area contributed by atoms with Gasteiger partial charge in [0.05, 0.1) is 13.2 Å². The van der Waals surface area contributed by atoms with Crippen LogP contribution in [0.2, 0.25) is 0 Å². The maximum Gasteiger partial charge on any atom is 0.163 e. The second kappa shape index (κ2) is 9.03. The fourth-order valence-corrected chi connectivity index (χ4v) is 2.08. The van der Waals surface area contributed by atoms with Crippen LogP contribution in [0, 0.1) is 5.82 Å². The lowest BCUT2D eigenvalue weighted by atomic mass is 10.2. The normalized spacial score (nSPS) is 10.4. The molecular weight excluding hydrogens is 293 g/mol. The minimum atomic E-state index is -0.221. The Balaban J connectivity index is 2.04. The zero-order valence-corrected chi connectivity index (χ0v) is 13.8. The van der Waals surface area contributed by atoms with E-state index in [0.29, 0.717) is 19.8 Å². The minimum absolute atomic E-state index is 0.221. The summed E-state index contributed by atoms with van der Waals surface area (Å²) in [6.45, 7) is 6.10. The van der Waals surface area contributed by atoms with Gasteiger partial charge in [-0.15, -0.1) is 0 Å². The van der Waals surface area contributed by atoms with Crippen molar-refractivity contribution in [3.63, 3.8) is 0 Å². The third-order valence-electron chi connectivity index (χ3n) is 3.28. The van der Waals surface area contributed by atoms with Crippen LogP contribution >= 0.6 is 0 Å². The molecule has 0 aliphatic heterocycles. The molecule has 0 bridgehead atoms. The van der Waals surface area contributed by atoms with Gasteiger partial charge < -0.3 is 14.8 Å². The lowest BCUT2D eigenvalue weighted by Gasteiger charge is -2.14. The van der Waals surface area contributed by atoms with E-state index >= 15 is 0 Å². The molecule has 0 aliphatic carbocycles. The van der Waals surface area contributed by atoms with Crippen molar-refractivity contribution >= 4 is 5.69 Å². The first-order valence-corrected chi connectivity index (χ1v) is 8.11. The van der Waals surface area contributed by atoms with Gasteiger partial charge in [-0.25, -0.2) is 4.39 Å². The molecule has 4 heteroatoms. The molecule has 0 amide bonds. The summed E-state index contributed by atoms with van der Waals surface area (Å²) in [5, 5.41) is 3.32. The van der Waals surface area contributed by atoms with Crippen molar-refractivity contribution in [3.8, 4) is 11.5 Å². The van der Waals surface area contributed by atoms with E-state index in [4.69, 9.17) is 9.47 Å². The Hall–Kier alpha value is -2.23. The Kier molecular flexibility index (Phi) is 6.73. The van der Waals surface area contributed by atoms with Gasteiger partial charge in [-0.05, 0) is 42.7 Å². The number of benzene rings is 2. The molecule has 0 radical (unpaired) electrons. The van der Waals surface area contributed by atoms with Crippen molar-refractivity contribution < 1.29 is 13.9 Å². The maximum atomic E-state index is 12.9. The third-order valence-corrected chi connectivity index (χ3v) is 3.28. The average molecular weight is 317 g/mol. The third kappa shape index (κ3) is 5.47. The summed E-state index contributed by atoms with van der Waals surface area (Å²) in [4.78, 5) is 0. The van der Waals surface area contributed by atoms with Crippen LogP contribution in [-0.4, -0.2) is 13.2 Å². The molecule has 0 unspecified atom stereocenters. The highest BCUT2D eigenvalue weighted by molar-refractivity contribution is 5.55. The molecule has 2 aromatic carbocycles. The van der Waals surface area contributed by atoms with Gasteiger partial charge in [0.25, 0.3) is 0 Å². The van der Waals surface area contributed by atoms with E-state index in [-0.39, 0.29) is 5.82 Å². The van der Waals surface area contributed by atoms with Gasteiger partial charge in [0, 0.05) is 18.3 Å². The Morgan fingerprint density at radius 1 is 0.870 bits per heavy atom. The summed E-state index contributed by atoms with van der Waals surface area (Å²) in [5.74, 6) is 1.30. The molecule has 0 saturated heterocycles. The Morgan fingerprint density at radius 3 is 2.17 bits per heavy atom. The van der Waals surface area contributed by atoms with Crippen molar-refractivity contribution in [1.29, 1.82) is 0 Å². The molecule has 1 N–H and O–H groups in total. The molecule has 0 atom stereocenters. The average Bonchev–Trinajstić information content (AvgIpc) is 2.58. The van der Waals surface area contributed by atoms with Crippen molar-refractivity contribution in [3.05, 3.63) is 53.8 Å². The summed E-state index contributed by atoms with van der Waals surface area (Å²) in [7, 11) is 0. The highest BCUT2D eigenvalue weighted by atomic mass is 19.1. The predicted octanol–water partition coefficient (Wildman–Crippen LogP) is 5.02. The largest absolute Gasteiger partial charge is 0.490 e. The summed E-state index contributed by atoms with van der Waals surface area (Å²) in [5.41, 5.74) is 1.97. The number of hydrogen-bond acceptors (Lipinski definition) is 3. The SMILES string of the molecule is CCCOc1ccc(NCc2ccc(F)cc2)cc1OCCC. The first kappa shape index (κ1) is 17.1. The molecular formula is C19H24FNO2. The molecule has 2 rings (SSSR count). The van der Waals surface area contributed by atoms with Gasteiger partial charge in [-0.2, -0.15) is 0 Å². The first-order valence-electron chi connectivity index (χ1n) is 8.11. The van der Waals surface area contributed by atoms with Gasteiger partial charge in [0.2, 0.25) is 0 Å². The molecule has 0 heterocycles. The number of halogens is 1. The van der Waals surface area contributed by atoms with E-state index in [2.05, 4.69) is 19.2 Å². The Labute approximate surface area is 137 Å². The lowest BCUT2D eigenvalue weighted by molar-refractivity contribution is 0.268. The van der Waals surface area contributed by atoms with Gasteiger partial charge in [0.1, 0.15) is 5.82 Å². The number of hydrogen-bond donors (Lipinski definition) is 1. The molecule has 3 nitrogen and oxygen atoms in total.